The zero-order valence-electron chi connectivity index (χ0n) is 14.4. The lowest BCUT2D eigenvalue weighted by atomic mass is 10.1. The van der Waals surface area contributed by atoms with Crippen LogP contribution in [0.2, 0.25) is 0 Å². The lowest BCUT2D eigenvalue weighted by Crippen LogP contribution is -2.26. The van der Waals surface area contributed by atoms with Crippen LogP contribution >= 0.6 is 0 Å². The fourth-order valence-electron chi connectivity index (χ4n) is 3.18. The zero-order chi connectivity index (χ0) is 17.1. The number of aryl methyl sites for hydroxylation is 1. The van der Waals surface area contributed by atoms with E-state index in [1.165, 1.54) is 0 Å². The summed E-state index contributed by atoms with van der Waals surface area (Å²) in [5.41, 5.74) is 8.89. The summed E-state index contributed by atoms with van der Waals surface area (Å²) in [6, 6.07) is 0. The molecule has 0 radical (unpaired) electrons. The summed E-state index contributed by atoms with van der Waals surface area (Å²) in [5.74, 6) is -0.0354. The molecule has 24 heavy (non-hydrogen) atoms. The second-order valence-electron chi connectivity index (χ2n) is 6.23. The smallest absolute Gasteiger partial charge is 0.258 e. The van der Waals surface area contributed by atoms with E-state index in [2.05, 4.69) is 12.0 Å². The fraction of sp³-hybridized carbons (Fsp3) is 0.588. The molecule has 2 N–H and O–H groups in total. The van der Waals surface area contributed by atoms with Crippen LogP contribution in [0.25, 0.3) is 11.0 Å². The van der Waals surface area contributed by atoms with Crippen LogP contribution in [0.3, 0.4) is 0 Å². The van der Waals surface area contributed by atoms with Crippen molar-refractivity contribution in [3.8, 4) is 0 Å². The van der Waals surface area contributed by atoms with Crippen molar-refractivity contribution < 1.29 is 9.53 Å². The number of nitrogens with two attached hydrogens (primary N) is 1. The maximum absolute atomic E-state index is 12.6. The number of unbranched alkanes of at least 4 members (excludes halogenated alkanes) is 2. The van der Waals surface area contributed by atoms with Crippen LogP contribution in [-0.2, 0) is 17.8 Å². The Bertz CT molecular complexity index is 740. The van der Waals surface area contributed by atoms with E-state index in [9.17, 15) is 4.79 Å². The molecule has 0 fully saturated rings. The maximum Gasteiger partial charge on any atom is 0.258 e. The standard InChI is InChI=1S/C17H25N5O2/c1-3-4-5-8-22-16-12(10-19-22)15(18)14-13(20-16)11-21(17(14)23)7-6-9-24-2/h10H,3-9,11H2,1-2H3,(H2,18,20). The van der Waals surface area contributed by atoms with Crippen molar-refractivity contribution in [3.63, 3.8) is 0 Å². The molecule has 2 aromatic heterocycles. The molecule has 7 heteroatoms. The van der Waals surface area contributed by atoms with E-state index >= 15 is 0 Å². The Morgan fingerprint density at radius 1 is 1.29 bits per heavy atom. The lowest BCUT2D eigenvalue weighted by molar-refractivity contribution is 0.0760. The predicted molar refractivity (Wildman–Crippen MR) is 92.7 cm³/mol. The molecule has 0 aliphatic carbocycles. The molecule has 1 amide bonds. The average Bonchev–Trinajstić information content (AvgIpc) is 3.11. The van der Waals surface area contributed by atoms with Gasteiger partial charge in [-0.1, -0.05) is 19.8 Å². The summed E-state index contributed by atoms with van der Waals surface area (Å²) >= 11 is 0. The number of pyridine rings is 1. The normalized spacial score (nSPS) is 13.9. The lowest BCUT2D eigenvalue weighted by Gasteiger charge is -2.14. The molecule has 0 saturated carbocycles. The van der Waals surface area contributed by atoms with Crippen molar-refractivity contribution in [2.75, 3.05) is 26.0 Å². The second kappa shape index (κ2) is 7.17. The first-order valence-corrected chi connectivity index (χ1v) is 8.59. The molecule has 0 saturated heterocycles. The number of aromatic nitrogens is 3. The number of hydrogen-bond acceptors (Lipinski definition) is 5. The van der Waals surface area contributed by atoms with E-state index in [4.69, 9.17) is 15.5 Å². The van der Waals surface area contributed by atoms with Gasteiger partial charge in [0.05, 0.1) is 35.1 Å². The Morgan fingerprint density at radius 3 is 2.88 bits per heavy atom. The maximum atomic E-state index is 12.6. The van der Waals surface area contributed by atoms with Crippen LogP contribution < -0.4 is 5.73 Å². The van der Waals surface area contributed by atoms with Crippen molar-refractivity contribution in [2.24, 2.45) is 0 Å². The largest absolute Gasteiger partial charge is 0.397 e. The van der Waals surface area contributed by atoms with Gasteiger partial charge in [0.2, 0.25) is 0 Å². The second-order valence-corrected chi connectivity index (χ2v) is 6.23. The molecule has 3 heterocycles. The molecule has 1 aliphatic heterocycles. The molecule has 130 valence electrons. The van der Waals surface area contributed by atoms with E-state index in [-0.39, 0.29) is 5.91 Å². The van der Waals surface area contributed by atoms with Gasteiger partial charge in [0.25, 0.3) is 5.91 Å². The first-order chi connectivity index (χ1) is 11.7. The van der Waals surface area contributed by atoms with E-state index in [1.54, 1.807) is 18.2 Å². The monoisotopic (exact) mass is 331 g/mol. The molecule has 0 spiro atoms. The third-order valence-electron chi connectivity index (χ3n) is 4.49. The molecule has 7 nitrogen and oxygen atoms in total. The minimum atomic E-state index is -0.0354. The average molecular weight is 331 g/mol. The van der Waals surface area contributed by atoms with Crippen LogP contribution in [0, 0.1) is 0 Å². The number of methoxy groups -OCH3 is 1. The molecule has 0 bridgehead atoms. The van der Waals surface area contributed by atoms with E-state index in [0.29, 0.717) is 30.9 Å². The minimum absolute atomic E-state index is 0.0354. The van der Waals surface area contributed by atoms with Crippen molar-refractivity contribution >= 4 is 22.6 Å². The third kappa shape index (κ3) is 2.96. The Labute approximate surface area is 141 Å². The highest BCUT2D eigenvalue weighted by Crippen LogP contribution is 2.32. The van der Waals surface area contributed by atoms with Gasteiger partial charge in [0.1, 0.15) is 0 Å². The van der Waals surface area contributed by atoms with Gasteiger partial charge in [-0.3, -0.25) is 4.79 Å². The number of carbonyl (C=O) groups excluding carboxylic acids is 1. The highest BCUT2D eigenvalue weighted by Gasteiger charge is 2.32. The molecule has 0 aromatic carbocycles. The molecule has 3 rings (SSSR count). The van der Waals surface area contributed by atoms with Crippen molar-refractivity contribution in [1.82, 2.24) is 19.7 Å². The van der Waals surface area contributed by atoms with E-state index in [0.717, 1.165) is 49.0 Å². The number of nitrogen functional groups attached to an aromatic ring is 1. The summed E-state index contributed by atoms with van der Waals surface area (Å²) in [4.78, 5) is 19.1. The SMILES string of the molecule is CCCCCn1ncc2c(N)c3c(nc21)CN(CCCOC)C3=O. The molecule has 0 atom stereocenters. The first-order valence-electron chi connectivity index (χ1n) is 8.59. The van der Waals surface area contributed by atoms with Crippen LogP contribution in [0.4, 0.5) is 5.69 Å². The van der Waals surface area contributed by atoms with Crippen molar-refractivity contribution in [3.05, 3.63) is 17.5 Å². The molecular weight excluding hydrogens is 306 g/mol. The Balaban J connectivity index is 1.87. The molecular formula is C17H25N5O2. The molecule has 2 aromatic rings. The Hall–Kier alpha value is -2.15. The van der Waals surface area contributed by atoms with Gasteiger partial charge >= 0.3 is 0 Å². The van der Waals surface area contributed by atoms with Gasteiger partial charge in [-0.15, -0.1) is 0 Å². The third-order valence-corrected chi connectivity index (χ3v) is 4.49. The number of ether oxygens (including phenoxy) is 1. The molecule has 0 unspecified atom stereocenters. The van der Waals surface area contributed by atoms with E-state index in [1.807, 2.05) is 4.68 Å². The summed E-state index contributed by atoms with van der Waals surface area (Å²) in [6.07, 6.45) is 5.92. The van der Waals surface area contributed by atoms with Gasteiger partial charge in [-0.2, -0.15) is 5.10 Å². The van der Waals surface area contributed by atoms with Crippen LogP contribution in [0.5, 0.6) is 0 Å². The number of anilines is 1. The highest BCUT2D eigenvalue weighted by molar-refractivity contribution is 6.08. The van der Waals surface area contributed by atoms with Gasteiger partial charge in [-0.05, 0) is 12.8 Å². The van der Waals surface area contributed by atoms with Crippen LogP contribution in [-0.4, -0.2) is 45.8 Å². The van der Waals surface area contributed by atoms with Gasteiger partial charge in [-0.25, -0.2) is 9.67 Å². The minimum Gasteiger partial charge on any atom is -0.397 e. The number of hydrogen-bond donors (Lipinski definition) is 1. The number of nitrogens with zero attached hydrogens (tertiary/aromatic N) is 4. The Kier molecular flexibility index (Phi) is 4.99. The van der Waals surface area contributed by atoms with Crippen LogP contribution in [0.15, 0.2) is 6.20 Å². The highest BCUT2D eigenvalue weighted by atomic mass is 16.5. The van der Waals surface area contributed by atoms with E-state index < -0.39 is 0 Å². The number of rotatable bonds is 8. The number of amides is 1. The van der Waals surface area contributed by atoms with Gasteiger partial charge in [0, 0.05) is 26.8 Å². The summed E-state index contributed by atoms with van der Waals surface area (Å²) in [7, 11) is 1.66. The number of fused-ring (bicyclic) bond motifs is 2. The summed E-state index contributed by atoms with van der Waals surface area (Å²) in [5, 5.41) is 5.18. The summed E-state index contributed by atoms with van der Waals surface area (Å²) < 4.78 is 6.96. The Morgan fingerprint density at radius 2 is 2.12 bits per heavy atom. The fourth-order valence-corrected chi connectivity index (χ4v) is 3.18. The predicted octanol–water partition coefficient (Wildman–Crippen LogP) is 2.20. The summed E-state index contributed by atoms with van der Waals surface area (Å²) in [6.45, 7) is 4.80. The first kappa shape index (κ1) is 16.7. The van der Waals surface area contributed by atoms with Crippen molar-refractivity contribution in [1.29, 1.82) is 0 Å². The molecule has 1 aliphatic rings. The van der Waals surface area contributed by atoms with Crippen molar-refractivity contribution in [2.45, 2.75) is 45.7 Å². The number of carbonyl (C=O) groups is 1. The van der Waals surface area contributed by atoms with Gasteiger partial charge in [0.15, 0.2) is 5.65 Å². The quantitative estimate of drug-likeness (QED) is 0.749. The van der Waals surface area contributed by atoms with Crippen LogP contribution in [0.1, 0.15) is 48.7 Å². The van der Waals surface area contributed by atoms with Gasteiger partial charge < -0.3 is 15.4 Å². The topological polar surface area (TPSA) is 86.3 Å². The zero-order valence-corrected chi connectivity index (χ0v) is 14.4.